The standard InChI is InChI=1S/C14H11Cl2NO3S/c1-9(18)10-5-2-3-7-12(10)17-21(19,20)13-8-4-6-11(15)14(13)16/h2-8,17H,1H3. The van der Waals surface area contributed by atoms with E-state index in [-0.39, 0.29) is 32.0 Å². The zero-order valence-electron chi connectivity index (χ0n) is 10.9. The van der Waals surface area contributed by atoms with Gasteiger partial charge in [-0.25, -0.2) is 8.42 Å². The lowest BCUT2D eigenvalue weighted by atomic mass is 10.1. The van der Waals surface area contributed by atoms with E-state index in [0.29, 0.717) is 0 Å². The molecule has 0 spiro atoms. The fourth-order valence-electron chi connectivity index (χ4n) is 1.77. The zero-order chi connectivity index (χ0) is 15.6. The van der Waals surface area contributed by atoms with Gasteiger partial charge in [0, 0.05) is 5.56 Å². The molecule has 0 aliphatic carbocycles. The maximum absolute atomic E-state index is 12.4. The molecule has 2 aromatic rings. The van der Waals surface area contributed by atoms with Gasteiger partial charge in [0.15, 0.2) is 5.78 Å². The Labute approximate surface area is 132 Å². The Morgan fingerprint density at radius 3 is 2.38 bits per heavy atom. The second-order valence-electron chi connectivity index (χ2n) is 4.26. The van der Waals surface area contributed by atoms with Crippen LogP contribution in [0.15, 0.2) is 47.4 Å². The van der Waals surface area contributed by atoms with Crippen LogP contribution in [-0.2, 0) is 10.0 Å². The van der Waals surface area contributed by atoms with Gasteiger partial charge in [-0.1, -0.05) is 41.4 Å². The van der Waals surface area contributed by atoms with Crippen LogP contribution >= 0.6 is 23.2 Å². The summed E-state index contributed by atoms with van der Waals surface area (Å²) in [6, 6.07) is 10.6. The largest absolute Gasteiger partial charge is 0.294 e. The van der Waals surface area contributed by atoms with Crippen LogP contribution in [0.4, 0.5) is 5.69 Å². The number of ketones is 1. The first kappa shape index (κ1) is 15.8. The molecule has 21 heavy (non-hydrogen) atoms. The van der Waals surface area contributed by atoms with Crippen molar-refractivity contribution in [3.63, 3.8) is 0 Å². The van der Waals surface area contributed by atoms with Crippen LogP contribution in [0.3, 0.4) is 0 Å². The van der Waals surface area contributed by atoms with Crippen molar-refractivity contribution in [3.8, 4) is 0 Å². The van der Waals surface area contributed by atoms with Gasteiger partial charge in [-0.2, -0.15) is 0 Å². The first-order valence-corrected chi connectivity index (χ1v) is 8.13. The number of anilines is 1. The molecule has 0 aliphatic heterocycles. The Bertz CT molecular complexity index is 804. The lowest BCUT2D eigenvalue weighted by Crippen LogP contribution is -2.15. The number of benzene rings is 2. The fraction of sp³-hybridized carbons (Fsp3) is 0.0714. The lowest BCUT2D eigenvalue weighted by Gasteiger charge is -2.12. The summed E-state index contributed by atoms with van der Waals surface area (Å²) in [4.78, 5) is 11.4. The number of halogens is 2. The molecule has 110 valence electrons. The molecule has 1 N–H and O–H groups in total. The smallest absolute Gasteiger partial charge is 0.263 e. The van der Waals surface area contributed by atoms with E-state index in [1.54, 1.807) is 18.2 Å². The van der Waals surface area contributed by atoms with Gasteiger partial charge in [0.05, 0.1) is 15.7 Å². The summed E-state index contributed by atoms with van der Waals surface area (Å²) in [5.41, 5.74) is 0.472. The average Bonchev–Trinajstić information content (AvgIpc) is 2.41. The maximum atomic E-state index is 12.4. The van der Waals surface area contributed by atoms with Gasteiger partial charge < -0.3 is 0 Å². The van der Waals surface area contributed by atoms with Crippen LogP contribution in [0.5, 0.6) is 0 Å². The zero-order valence-corrected chi connectivity index (χ0v) is 13.3. The molecule has 0 atom stereocenters. The highest BCUT2D eigenvalue weighted by molar-refractivity contribution is 7.92. The minimum Gasteiger partial charge on any atom is -0.294 e. The van der Waals surface area contributed by atoms with Crippen molar-refractivity contribution in [2.75, 3.05) is 4.72 Å². The van der Waals surface area contributed by atoms with E-state index in [0.717, 1.165) is 0 Å². The molecule has 0 amide bonds. The fourth-order valence-corrected chi connectivity index (χ4v) is 3.61. The van der Waals surface area contributed by atoms with E-state index in [2.05, 4.69) is 4.72 Å². The van der Waals surface area contributed by atoms with Crippen molar-refractivity contribution in [2.24, 2.45) is 0 Å². The summed E-state index contributed by atoms with van der Waals surface area (Å²) < 4.78 is 27.1. The molecule has 0 aromatic heterocycles. The van der Waals surface area contributed by atoms with Crippen LogP contribution in [-0.4, -0.2) is 14.2 Å². The monoisotopic (exact) mass is 343 g/mol. The van der Waals surface area contributed by atoms with Gasteiger partial charge in [0.25, 0.3) is 10.0 Å². The third-order valence-corrected chi connectivity index (χ3v) is 5.10. The first-order valence-electron chi connectivity index (χ1n) is 5.90. The minimum absolute atomic E-state index is 0.0630. The van der Waals surface area contributed by atoms with E-state index in [1.807, 2.05) is 0 Å². The predicted octanol–water partition coefficient (Wildman–Crippen LogP) is 4.00. The topological polar surface area (TPSA) is 63.2 Å². The van der Waals surface area contributed by atoms with E-state index in [1.165, 1.54) is 31.2 Å². The maximum Gasteiger partial charge on any atom is 0.263 e. The number of rotatable bonds is 4. The number of nitrogens with one attached hydrogen (secondary N) is 1. The molecule has 0 aliphatic rings. The Morgan fingerprint density at radius 2 is 1.71 bits per heavy atom. The summed E-state index contributed by atoms with van der Waals surface area (Å²) in [6.07, 6.45) is 0. The number of hydrogen-bond donors (Lipinski definition) is 1. The number of Topliss-reactive ketones (excluding diaryl/α,β-unsaturated/α-hetero) is 1. The van der Waals surface area contributed by atoms with Crippen molar-refractivity contribution in [1.29, 1.82) is 0 Å². The summed E-state index contributed by atoms with van der Waals surface area (Å²) in [7, 11) is -3.94. The van der Waals surface area contributed by atoms with E-state index in [9.17, 15) is 13.2 Å². The number of para-hydroxylation sites is 1. The van der Waals surface area contributed by atoms with Gasteiger partial charge in [-0.15, -0.1) is 0 Å². The molecule has 0 fully saturated rings. The Hall–Kier alpha value is -1.56. The van der Waals surface area contributed by atoms with Crippen LogP contribution in [0.25, 0.3) is 0 Å². The number of carbonyl (C=O) groups is 1. The van der Waals surface area contributed by atoms with Crippen molar-refractivity contribution in [1.82, 2.24) is 0 Å². The quantitative estimate of drug-likeness (QED) is 0.853. The van der Waals surface area contributed by atoms with Gasteiger partial charge in [0.2, 0.25) is 0 Å². The number of hydrogen-bond acceptors (Lipinski definition) is 3. The number of carbonyl (C=O) groups excluding carboxylic acids is 1. The SMILES string of the molecule is CC(=O)c1ccccc1NS(=O)(=O)c1cccc(Cl)c1Cl. The number of sulfonamides is 1. The van der Waals surface area contributed by atoms with E-state index in [4.69, 9.17) is 23.2 Å². The molecular formula is C14H11Cl2NO3S. The van der Waals surface area contributed by atoms with Gasteiger partial charge in [0.1, 0.15) is 4.90 Å². The molecule has 4 nitrogen and oxygen atoms in total. The second-order valence-corrected chi connectivity index (χ2v) is 6.70. The normalized spacial score (nSPS) is 11.2. The molecule has 0 saturated carbocycles. The van der Waals surface area contributed by atoms with Crippen LogP contribution < -0.4 is 4.72 Å². The summed E-state index contributed by atoms with van der Waals surface area (Å²) in [5, 5.41) is 0.0753. The molecular weight excluding hydrogens is 333 g/mol. The molecule has 7 heteroatoms. The van der Waals surface area contributed by atoms with E-state index < -0.39 is 10.0 Å². The molecule has 0 radical (unpaired) electrons. The molecule has 0 saturated heterocycles. The molecule has 2 rings (SSSR count). The molecule has 2 aromatic carbocycles. The van der Waals surface area contributed by atoms with Crippen molar-refractivity contribution < 1.29 is 13.2 Å². The highest BCUT2D eigenvalue weighted by Crippen LogP contribution is 2.30. The molecule has 0 bridgehead atoms. The Morgan fingerprint density at radius 1 is 1.05 bits per heavy atom. The van der Waals surface area contributed by atoms with Crippen molar-refractivity contribution in [2.45, 2.75) is 11.8 Å². The van der Waals surface area contributed by atoms with Crippen LogP contribution in [0, 0.1) is 0 Å². The third-order valence-electron chi connectivity index (χ3n) is 2.76. The van der Waals surface area contributed by atoms with Gasteiger partial charge >= 0.3 is 0 Å². The van der Waals surface area contributed by atoms with Crippen molar-refractivity contribution in [3.05, 3.63) is 58.1 Å². The highest BCUT2D eigenvalue weighted by atomic mass is 35.5. The van der Waals surface area contributed by atoms with E-state index >= 15 is 0 Å². The summed E-state index contributed by atoms with van der Waals surface area (Å²) in [6.45, 7) is 1.36. The third kappa shape index (κ3) is 3.37. The highest BCUT2D eigenvalue weighted by Gasteiger charge is 2.21. The van der Waals surface area contributed by atoms with Gasteiger partial charge in [-0.05, 0) is 31.2 Å². The molecule has 0 unspecified atom stereocenters. The lowest BCUT2D eigenvalue weighted by molar-refractivity contribution is 0.101. The molecule has 0 heterocycles. The second kappa shape index (κ2) is 6.05. The Kier molecular flexibility index (Phi) is 4.56. The first-order chi connectivity index (χ1) is 9.83. The predicted molar refractivity (Wildman–Crippen MR) is 83.7 cm³/mol. The minimum atomic E-state index is -3.94. The average molecular weight is 344 g/mol. The van der Waals surface area contributed by atoms with Crippen LogP contribution in [0.1, 0.15) is 17.3 Å². The summed E-state index contributed by atoms with van der Waals surface area (Å²) >= 11 is 11.8. The van der Waals surface area contributed by atoms with Crippen molar-refractivity contribution >= 4 is 44.7 Å². The summed E-state index contributed by atoms with van der Waals surface area (Å²) in [5.74, 6) is -0.245. The Balaban J connectivity index is 2.48. The van der Waals surface area contributed by atoms with Gasteiger partial charge in [-0.3, -0.25) is 9.52 Å². The van der Waals surface area contributed by atoms with Crippen LogP contribution in [0.2, 0.25) is 10.0 Å².